The first-order valence-electron chi connectivity index (χ1n) is 3.45. The van der Waals surface area contributed by atoms with Crippen molar-refractivity contribution in [1.82, 2.24) is 9.44 Å². The summed E-state index contributed by atoms with van der Waals surface area (Å²) in [6.45, 7) is 1.01. The number of nitrogens with zero attached hydrogens (tertiary/aromatic N) is 1. The van der Waals surface area contributed by atoms with Crippen LogP contribution in [0.3, 0.4) is 0 Å². The Labute approximate surface area is 67.0 Å². The third kappa shape index (κ3) is 1.74. The van der Waals surface area contributed by atoms with Crippen LogP contribution in [0.1, 0.15) is 12.8 Å². The van der Waals surface area contributed by atoms with Crippen molar-refractivity contribution in [2.45, 2.75) is 18.9 Å². The Balaban J connectivity index is 2.34. The molecule has 0 unspecified atom stereocenters. The second-order valence-corrected chi connectivity index (χ2v) is 2.79. The lowest BCUT2D eigenvalue weighted by molar-refractivity contribution is -0.110. The van der Waals surface area contributed by atoms with Crippen LogP contribution in [0.15, 0.2) is 0 Å². The zero-order valence-electron chi connectivity index (χ0n) is 5.79. The SMILES string of the molecule is O=C[C@@H]1CCCN1BNS. The van der Waals surface area contributed by atoms with Gasteiger partial charge in [0, 0.05) is 0 Å². The molecule has 1 N–H and O–H groups in total. The van der Waals surface area contributed by atoms with Crippen molar-refractivity contribution < 1.29 is 4.79 Å². The van der Waals surface area contributed by atoms with E-state index in [0.29, 0.717) is 7.55 Å². The summed E-state index contributed by atoms with van der Waals surface area (Å²) in [5, 5.41) is 0. The average molecular weight is 158 g/mol. The predicted molar refractivity (Wildman–Crippen MR) is 45.1 cm³/mol. The van der Waals surface area contributed by atoms with E-state index in [2.05, 4.69) is 22.3 Å². The first-order chi connectivity index (χ1) is 4.88. The Morgan fingerprint density at radius 1 is 1.80 bits per heavy atom. The van der Waals surface area contributed by atoms with E-state index < -0.39 is 0 Å². The van der Waals surface area contributed by atoms with Crippen molar-refractivity contribution in [3.8, 4) is 0 Å². The van der Waals surface area contributed by atoms with Crippen LogP contribution in [0, 0.1) is 0 Å². The minimum atomic E-state index is 0.125. The number of carbonyl (C=O) groups is 1. The highest BCUT2D eigenvalue weighted by molar-refractivity contribution is 7.79. The summed E-state index contributed by atoms with van der Waals surface area (Å²) < 4.78 is 2.74. The molecule has 1 heterocycles. The van der Waals surface area contributed by atoms with Gasteiger partial charge in [-0.05, 0) is 19.4 Å². The fourth-order valence-corrected chi connectivity index (χ4v) is 1.47. The number of nitrogens with one attached hydrogen (secondary N) is 1. The quantitative estimate of drug-likeness (QED) is 0.325. The van der Waals surface area contributed by atoms with E-state index in [9.17, 15) is 4.79 Å². The van der Waals surface area contributed by atoms with Crippen LogP contribution in [0.25, 0.3) is 0 Å². The van der Waals surface area contributed by atoms with Gasteiger partial charge >= 0.3 is 0 Å². The molecule has 1 rings (SSSR count). The molecule has 0 bridgehead atoms. The molecule has 1 aliphatic heterocycles. The number of carbonyl (C=O) groups excluding carboxylic acids is 1. The lowest BCUT2D eigenvalue weighted by atomic mass is 10.1. The minimum absolute atomic E-state index is 0.125. The molecule has 0 aromatic carbocycles. The molecular weight excluding hydrogens is 147 g/mol. The summed E-state index contributed by atoms with van der Waals surface area (Å²) in [6, 6.07) is 0.125. The Bertz CT molecular complexity index is 124. The van der Waals surface area contributed by atoms with Gasteiger partial charge in [-0.1, -0.05) is 0 Å². The maximum atomic E-state index is 10.4. The monoisotopic (exact) mass is 158 g/mol. The maximum Gasteiger partial charge on any atom is 0.299 e. The second-order valence-electron chi connectivity index (χ2n) is 2.47. The van der Waals surface area contributed by atoms with Crippen molar-refractivity contribution in [3.63, 3.8) is 0 Å². The normalized spacial score (nSPS) is 26.7. The van der Waals surface area contributed by atoms with Gasteiger partial charge < -0.3 is 9.61 Å². The van der Waals surface area contributed by atoms with E-state index >= 15 is 0 Å². The fraction of sp³-hybridized carbons (Fsp3) is 0.800. The van der Waals surface area contributed by atoms with Crippen LogP contribution in [-0.2, 0) is 4.79 Å². The van der Waals surface area contributed by atoms with E-state index in [-0.39, 0.29) is 6.04 Å². The standard InChI is InChI=1S/C5H11BN2OS/c9-4-5-2-1-3-8(5)6-7-10/h4-7,10H,1-3H2/t5-/m0/s1. The Morgan fingerprint density at radius 2 is 2.60 bits per heavy atom. The summed E-state index contributed by atoms with van der Waals surface area (Å²) in [7, 11) is 0.701. The second kappa shape index (κ2) is 4.00. The Kier molecular flexibility index (Phi) is 3.25. The first-order valence-corrected chi connectivity index (χ1v) is 3.89. The molecule has 5 heteroatoms. The van der Waals surface area contributed by atoms with E-state index in [1.165, 1.54) is 0 Å². The highest BCUT2D eigenvalue weighted by Crippen LogP contribution is 2.12. The molecular formula is C5H11BN2OS. The van der Waals surface area contributed by atoms with Gasteiger partial charge in [-0.3, -0.25) is 4.63 Å². The van der Waals surface area contributed by atoms with Gasteiger partial charge in [-0.15, -0.1) is 12.8 Å². The zero-order valence-corrected chi connectivity index (χ0v) is 6.68. The molecule has 0 spiro atoms. The Hall–Kier alpha value is 0.00494. The fourth-order valence-electron chi connectivity index (χ4n) is 1.29. The highest BCUT2D eigenvalue weighted by Gasteiger charge is 2.23. The van der Waals surface area contributed by atoms with Crippen molar-refractivity contribution in [1.29, 1.82) is 0 Å². The van der Waals surface area contributed by atoms with Gasteiger partial charge in [0.15, 0.2) is 0 Å². The van der Waals surface area contributed by atoms with Gasteiger partial charge in [0.05, 0.1) is 6.04 Å². The molecule has 0 amide bonds. The molecule has 0 saturated carbocycles. The van der Waals surface area contributed by atoms with E-state index in [1.807, 2.05) is 0 Å². The van der Waals surface area contributed by atoms with Crippen LogP contribution in [0.4, 0.5) is 0 Å². The number of rotatable bonds is 3. The highest BCUT2D eigenvalue weighted by atomic mass is 32.1. The van der Waals surface area contributed by atoms with E-state index in [0.717, 1.165) is 25.7 Å². The van der Waals surface area contributed by atoms with Crippen LogP contribution in [0.2, 0.25) is 0 Å². The summed E-state index contributed by atoms with van der Waals surface area (Å²) in [6.07, 6.45) is 3.13. The van der Waals surface area contributed by atoms with Crippen molar-refractivity contribution in [2.24, 2.45) is 0 Å². The van der Waals surface area contributed by atoms with Gasteiger partial charge in [0.25, 0.3) is 7.55 Å². The maximum absolute atomic E-state index is 10.4. The molecule has 1 fully saturated rings. The van der Waals surface area contributed by atoms with Crippen molar-refractivity contribution in [3.05, 3.63) is 0 Å². The molecule has 10 heavy (non-hydrogen) atoms. The molecule has 0 radical (unpaired) electrons. The third-order valence-electron chi connectivity index (χ3n) is 1.85. The summed E-state index contributed by atoms with van der Waals surface area (Å²) in [5.41, 5.74) is 0. The lowest BCUT2D eigenvalue weighted by Crippen LogP contribution is -2.38. The van der Waals surface area contributed by atoms with Crippen LogP contribution < -0.4 is 4.63 Å². The summed E-state index contributed by atoms with van der Waals surface area (Å²) >= 11 is 3.87. The summed E-state index contributed by atoms with van der Waals surface area (Å²) in [5.74, 6) is 0. The van der Waals surface area contributed by atoms with E-state index in [4.69, 9.17) is 0 Å². The topological polar surface area (TPSA) is 32.3 Å². The molecule has 0 aromatic rings. The van der Waals surface area contributed by atoms with Crippen LogP contribution in [-0.4, -0.2) is 31.2 Å². The molecule has 3 nitrogen and oxygen atoms in total. The third-order valence-corrected chi connectivity index (χ3v) is 1.99. The summed E-state index contributed by atoms with van der Waals surface area (Å²) in [4.78, 5) is 12.5. The molecule has 1 atom stereocenters. The van der Waals surface area contributed by atoms with Gasteiger partial charge in [0.1, 0.15) is 6.29 Å². The van der Waals surface area contributed by atoms with E-state index in [1.54, 1.807) is 0 Å². The van der Waals surface area contributed by atoms with Gasteiger partial charge in [-0.25, -0.2) is 0 Å². The molecule has 1 aliphatic rings. The van der Waals surface area contributed by atoms with Crippen LogP contribution in [0.5, 0.6) is 0 Å². The number of aldehydes is 1. The largest absolute Gasteiger partial charge is 0.322 e. The zero-order chi connectivity index (χ0) is 7.40. The molecule has 0 aliphatic carbocycles. The first kappa shape index (κ1) is 8.10. The van der Waals surface area contributed by atoms with Gasteiger partial charge in [-0.2, -0.15) is 0 Å². The van der Waals surface area contributed by atoms with Crippen molar-refractivity contribution >= 4 is 26.7 Å². The average Bonchev–Trinajstić information content (AvgIpc) is 2.36. The van der Waals surface area contributed by atoms with Crippen molar-refractivity contribution in [2.75, 3.05) is 6.54 Å². The Morgan fingerprint density at radius 3 is 3.20 bits per heavy atom. The van der Waals surface area contributed by atoms with Gasteiger partial charge in [0.2, 0.25) is 0 Å². The minimum Gasteiger partial charge on any atom is -0.322 e. The molecule has 1 saturated heterocycles. The number of thiol groups is 1. The predicted octanol–water partition coefficient (Wildman–Crippen LogP) is -0.649. The number of hydrogen-bond donors (Lipinski definition) is 2. The molecule has 0 aromatic heterocycles. The van der Waals surface area contributed by atoms with Crippen LogP contribution >= 0.6 is 12.8 Å². The lowest BCUT2D eigenvalue weighted by Gasteiger charge is -2.16. The smallest absolute Gasteiger partial charge is 0.299 e. The molecule has 56 valence electrons. The number of hydrogen-bond acceptors (Lipinski definition) is 4.